The van der Waals surface area contributed by atoms with E-state index in [4.69, 9.17) is 17.5 Å². The molecule has 0 saturated carbocycles. The number of benzene rings is 2. The third-order valence-electron chi connectivity index (χ3n) is 3.38. The van der Waals surface area contributed by atoms with Crippen LogP contribution in [0.5, 0.6) is 0 Å². The number of hydrogen-bond donors (Lipinski definition) is 1. The van der Waals surface area contributed by atoms with Crippen LogP contribution in [0, 0.1) is 5.92 Å². The molecule has 2 aromatic carbocycles. The molecule has 3 heteroatoms. The second-order valence-electron chi connectivity index (χ2n) is 5.06. The smallest absolute Gasteiger partial charge is 0.0436 e. The van der Waals surface area contributed by atoms with E-state index in [2.05, 4.69) is 38.1 Å². The van der Waals surface area contributed by atoms with Crippen LogP contribution >= 0.6 is 6.04 Å². The van der Waals surface area contributed by atoms with Crippen molar-refractivity contribution in [3.63, 3.8) is 0 Å². The molecule has 0 fully saturated rings. The lowest BCUT2D eigenvalue weighted by atomic mass is 10.2. The number of rotatable bonds is 4. The largest absolute Gasteiger partial charge is 0.323 e. The van der Waals surface area contributed by atoms with Crippen molar-refractivity contribution in [3.05, 3.63) is 60.7 Å². The second-order valence-corrected chi connectivity index (χ2v) is 9.74. The van der Waals surface area contributed by atoms with Crippen molar-refractivity contribution >= 4 is 28.5 Å². The lowest BCUT2D eigenvalue weighted by Crippen LogP contribution is -2.35. The lowest BCUT2D eigenvalue weighted by Gasteiger charge is -2.32. The molecule has 0 amide bonds. The maximum Gasteiger partial charge on any atom is 0.0436 e. The molecule has 19 heavy (non-hydrogen) atoms. The first-order chi connectivity index (χ1) is 9.06. The van der Waals surface area contributed by atoms with E-state index in [1.807, 2.05) is 36.4 Å². The van der Waals surface area contributed by atoms with E-state index in [0.29, 0.717) is 5.92 Å². The summed E-state index contributed by atoms with van der Waals surface area (Å²) in [5, 5.41) is 2.41. The first kappa shape index (κ1) is 14.5. The minimum absolute atomic E-state index is 0.00676. The Balaban J connectivity index is 2.61. The van der Waals surface area contributed by atoms with Crippen LogP contribution in [0.4, 0.5) is 0 Å². The molecule has 0 aliphatic carbocycles. The molecule has 0 aliphatic heterocycles. The Morgan fingerprint density at radius 1 is 0.842 bits per heavy atom. The second kappa shape index (κ2) is 6.00. The average molecular weight is 289 g/mol. The molecule has 1 nitrogen and oxygen atoms in total. The fraction of sp³-hybridized carbons (Fsp3) is 0.250. The molecule has 0 bridgehead atoms. The predicted molar refractivity (Wildman–Crippen MR) is 89.3 cm³/mol. The van der Waals surface area contributed by atoms with E-state index >= 15 is 0 Å². The third-order valence-corrected chi connectivity index (χ3v) is 8.94. The van der Waals surface area contributed by atoms with E-state index in [1.54, 1.807) is 0 Å². The van der Waals surface area contributed by atoms with Crippen LogP contribution in [0.2, 0.25) is 0 Å². The quantitative estimate of drug-likeness (QED) is 0.876. The van der Waals surface area contributed by atoms with Crippen LogP contribution < -0.4 is 16.3 Å². The van der Waals surface area contributed by atoms with Gasteiger partial charge in [0.25, 0.3) is 0 Å². The van der Waals surface area contributed by atoms with Crippen LogP contribution in [0.15, 0.2) is 60.7 Å². The molecule has 0 unspecified atom stereocenters. The third kappa shape index (κ3) is 2.81. The van der Waals surface area contributed by atoms with Crippen molar-refractivity contribution in [2.75, 3.05) is 0 Å². The summed E-state index contributed by atoms with van der Waals surface area (Å²) in [5.41, 5.74) is 6.50. The van der Waals surface area contributed by atoms with Gasteiger partial charge in [-0.1, -0.05) is 86.3 Å². The lowest BCUT2D eigenvalue weighted by molar-refractivity contribution is 0.618. The van der Waals surface area contributed by atoms with Crippen molar-refractivity contribution in [2.45, 2.75) is 19.6 Å². The standard InChI is InChI=1S/C16H20NPS/c1-13(2)16(17)18(19,14-9-5-3-6-10-14)15-11-7-4-8-12-15/h3-13,16H,17H2,1-2H3/t16-/m0/s1. The van der Waals surface area contributed by atoms with Gasteiger partial charge in [0.1, 0.15) is 0 Å². The Morgan fingerprint density at radius 2 is 1.21 bits per heavy atom. The highest BCUT2D eigenvalue weighted by Gasteiger charge is 2.31. The number of nitrogens with two attached hydrogens (primary N) is 1. The van der Waals surface area contributed by atoms with Crippen LogP contribution in [0.1, 0.15) is 13.8 Å². The Labute approximate surface area is 120 Å². The maximum absolute atomic E-state index is 6.50. The molecule has 0 saturated heterocycles. The molecular weight excluding hydrogens is 269 g/mol. The van der Waals surface area contributed by atoms with E-state index in [-0.39, 0.29) is 5.78 Å². The summed E-state index contributed by atoms with van der Waals surface area (Å²) in [6.07, 6.45) is 0. The van der Waals surface area contributed by atoms with Gasteiger partial charge in [-0.15, -0.1) is 0 Å². The molecule has 2 rings (SSSR count). The molecule has 0 aliphatic rings. The van der Waals surface area contributed by atoms with Gasteiger partial charge in [-0.05, 0) is 16.5 Å². The minimum Gasteiger partial charge on any atom is -0.323 e. The van der Waals surface area contributed by atoms with Crippen molar-refractivity contribution in [3.8, 4) is 0 Å². The van der Waals surface area contributed by atoms with Gasteiger partial charge in [0.05, 0.1) is 0 Å². The Kier molecular flexibility index (Phi) is 4.57. The van der Waals surface area contributed by atoms with Crippen LogP contribution in [-0.4, -0.2) is 5.78 Å². The summed E-state index contributed by atoms with van der Waals surface area (Å²) in [5.74, 6) is 0.374. The van der Waals surface area contributed by atoms with Gasteiger partial charge >= 0.3 is 0 Å². The van der Waals surface area contributed by atoms with Gasteiger partial charge in [0, 0.05) is 11.8 Å². The molecule has 0 spiro atoms. The van der Waals surface area contributed by atoms with E-state index in [1.165, 1.54) is 10.6 Å². The topological polar surface area (TPSA) is 26.0 Å². The Bertz CT molecular complexity index is 522. The Hall–Kier alpha value is -0.950. The minimum atomic E-state index is -1.96. The van der Waals surface area contributed by atoms with Gasteiger partial charge in [0.15, 0.2) is 0 Å². The first-order valence-electron chi connectivity index (χ1n) is 6.53. The Morgan fingerprint density at radius 3 is 1.53 bits per heavy atom. The molecule has 0 radical (unpaired) electrons. The highest BCUT2D eigenvalue weighted by molar-refractivity contribution is 8.22. The molecule has 2 aromatic rings. The summed E-state index contributed by atoms with van der Waals surface area (Å²) >= 11 is 6.12. The highest BCUT2D eigenvalue weighted by Crippen LogP contribution is 2.49. The molecule has 0 aromatic heterocycles. The number of hydrogen-bond acceptors (Lipinski definition) is 2. The molecule has 100 valence electrons. The van der Waals surface area contributed by atoms with Gasteiger partial charge in [-0.2, -0.15) is 0 Å². The maximum atomic E-state index is 6.50. The summed E-state index contributed by atoms with van der Waals surface area (Å²) in [7, 11) is 0. The fourth-order valence-electron chi connectivity index (χ4n) is 2.21. The van der Waals surface area contributed by atoms with Gasteiger partial charge in [0.2, 0.25) is 0 Å². The molecular formula is C16H20NPS. The molecule has 2 N–H and O–H groups in total. The zero-order valence-electron chi connectivity index (χ0n) is 11.4. The molecule has 0 heterocycles. The predicted octanol–water partition coefficient (Wildman–Crippen LogP) is 3.06. The summed E-state index contributed by atoms with van der Waals surface area (Å²) in [6.45, 7) is 4.30. The van der Waals surface area contributed by atoms with E-state index in [0.717, 1.165) is 0 Å². The SMILES string of the molecule is CC(C)[C@@H](N)P(=S)(c1ccccc1)c1ccccc1. The van der Waals surface area contributed by atoms with Crippen LogP contribution in [0.25, 0.3) is 0 Å². The van der Waals surface area contributed by atoms with Gasteiger partial charge < -0.3 is 5.73 Å². The van der Waals surface area contributed by atoms with Gasteiger partial charge in [-0.3, -0.25) is 0 Å². The normalized spacial score (nSPS) is 13.5. The van der Waals surface area contributed by atoms with E-state index in [9.17, 15) is 0 Å². The van der Waals surface area contributed by atoms with E-state index < -0.39 is 6.04 Å². The monoisotopic (exact) mass is 289 g/mol. The van der Waals surface area contributed by atoms with Crippen molar-refractivity contribution < 1.29 is 0 Å². The van der Waals surface area contributed by atoms with Crippen LogP contribution in [0.3, 0.4) is 0 Å². The van der Waals surface area contributed by atoms with Crippen molar-refractivity contribution in [1.82, 2.24) is 0 Å². The summed E-state index contributed by atoms with van der Waals surface area (Å²) < 4.78 is 0. The molecule has 1 atom stereocenters. The van der Waals surface area contributed by atoms with Crippen molar-refractivity contribution in [1.29, 1.82) is 0 Å². The summed E-state index contributed by atoms with van der Waals surface area (Å²) in [4.78, 5) is 0. The first-order valence-corrected chi connectivity index (χ1v) is 9.40. The summed E-state index contributed by atoms with van der Waals surface area (Å²) in [6, 6.07) is 18.8. The van der Waals surface area contributed by atoms with Gasteiger partial charge in [-0.25, -0.2) is 0 Å². The van der Waals surface area contributed by atoms with Crippen molar-refractivity contribution in [2.24, 2.45) is 11.7 Å². The fourth-order valence-corrected chi connectivity index (χ4v) is 6.73. The zero-order valence-corrected chi connectivity index (χ0v) is 13.1. The van der Waals surface area contributed by atoms with Crippen LogP contribution in [-0.2, 0) is 11.8 Å². The zero-order chi connectivity index (χ0) is 13.9. The highest BCUT2D eigenvalue weighted by atomic mass is 32.4. The average Bonchev–Trinajstić information content (AvgIpc) is 2.47.